The van der Waals surface area contributed by atoms with Gasteiger partial charge in [-0.25, -0.2) is 8.78 Å². The molecule has 0 aliphatic rings. The molecule has 0 aliphatic carbocycles. The topological polar surface area (TPSA) is 15.8 Å². The molecule has 0 bridgehead atoms. The molecular weight excluding hydrogens is 148 g/mol. The molecule has 1 aromatic rings. The van der Waals surface area contributed by atoms with E-state index in [1.165, 1.54) is 0 Å². The van der Waals surface area contributed by atoms with Gasteiger partial charge in [-0.15, -0.1) is 0 Å². The SMILES string of the molecule is CC(C)(C)c1[nH]cc(F)c1F. The van der Waals surface area contributed by atoms with Crippen LogP contribution < -0.4 is 0 Å². The molecule has 62 valence electrons. The lowest BCUT2D eigenvalue weighted by Crippen LogP contribution is -2.13. The Bertz CT molecular complexity index is 258. The highest BCUT2D eigenvalue weighted by Crippen LogP contribution is 2.24. The second kappa shape index (κ2) is 2.32. The lowest BCUT2D eigenvalue weighted by Gasteiger charge is -2.15. The average Bonchev–Trinajstić information content (AvgIpc) is 2.11. The third kappa shape index (κ3) is 1.42. The Labute approximate surface area is 64.4 Å². The summed E-state index contributed by atoms with van der Waals surface area (Å²) in [6.45, 7) is 5.46. The van der Waals surface area contributed by atoms with Gasteiger partial charge in [-0.2, -0.15) is 0 Å². The normalized spacial score (nSPS) is 12.1. The quantitative estimate of drug-likeness (QED) is 0.598. The second-order valence-corrected chi connectivity index (χ2v) is 3.58. The maximum Gasteiger partial charge on any atom is 0.180 e. The predicted molar refractivity (Wildman–Crippen MR) is 39.4 cm³/mol. The fraction of sp³-hybridized carbons (Fsp3) is 0.500. The summed E-state index contributed by atoms with van der Waals surface area (Å²) < 4.78 is 25.3. The van der Waals surface area contributed by atoms with Gasteiger partial charge in [0.2, 0.25) is 0 Å². The molecule has 0 aromatic carbocycles. The van der Waals surface area contributed by atoms with E-state index in [1.807, 2.05) is 20.8 Å². The van der Waals surface area contributed by atoms with Crippen LogP contribution in [0.5, 0.6) is 0 Å². The molecule has 1 rings (SSSR count). The average molecular weight is 159 g/mol. The van der Waals surface area contributed by atoms with Gasteiger partial charge in [0, 0.05) is 11.6 Å². The number of rotatable bonds is 0. The van der Waals surface area contributed by atoms with Crippen molar-refractivity contribution in [1.82, 2.24) is 4.98 Å². The van der Waals surface area contributed by atoms with Crippen LogP contribution in [-0.2, 0) is 5.41 Å². The number of H-pyrrole nitrogens is 1. The number of hydrogen-bond donors (Lipinski definition) is 1. The lowest BCUT2D eigenvalue weighted by atomic mass is 9.92. The first kappa shape index (κ1) is 8.24. The van der Waals surface area contributed by atoms with E-state index >= 15 is 0 Å². The van der Waals surface area contributed by atoms with E-state index in [4.69, 9.17) is 0 Å². The van der Waals surface area contributed by atoms with E-state index in [-0.39, 0.29) is 5.41 Å². The van der Waals surface area contributed by atoms with Crippen LogP contribution in [0.3, 0.4) is 0 Å². The van der Waals surface area contributed by atoms with Gasteiger partial charge in [0.05, 0.1) is 5.69 Å². The molecule has 1 heterocycles. The minimum atomic E-state index is -0.810. The first-order valence-corrected chi connectivity index (χ1v) is 3.46. The highest BCUT2D eigenvalue weighted by Gasteiger charge is 2.22. The standard InChI is InChI=1S/C8H11F2N/c1-8(2,3)7-6(10)5(9)4-11-7/h4,11H,1-3H3. The number of aromatic amines is 1. The largest absolute Gasteiger partial charge is 0.360 e. The van der Waals surface area contributed by atoms with Gasteiger partial charge in [0.25, 0.3) is 0 Å². The van der Waals surface area contributed by atoms with Gasteiger partial charge in [0.1, 0.15) is 0 Å². The van der Waals surface area contributed by atoms with Crippen LogP contribution in [0.25, 0.3) is 0 Å². The summed E-state index contributed by atoms with van der Waals surface area (Å²) in [7, 11) is 0. The zero-order valence-electron chi connectivity index (χ0n) is 6.83. The lowest BCUT2D eigenvalue weighted by molar-refractivity contribution is 0.472. The van der Waals surface area contributed by atoms with Crippen LogP contribution in [0.15, 0.2) is 6.20 Å². The summed E-state index contributed by atoms with van der Waals surface area (Å²) >= 11 is 0. The molecule has 0 saturated carbocycles. The predicted octanol–water partition coefficient (Wildman–Crippen LogP) is 2.59. The van der Waals surface area contributed by atoms with Gasteiger partial charge >= 0.3 is 0 Å². The summed E-state index contributed by atoms with van der Waals surface area (Å²) in [4.78, 5) is 2.56. The molecule has 11 heavy (non-hydrogen) atoms. The first-order valence-electron chi connectivity index (χ1n) is 3.46. The van der Waals surface area contributed by atoms with Crippen molar-refractivity contribution in [2.45, 2.75) is 26.2 Å². The van der Waals surface area contributed by atoms with Crippen molar-refractivity contribution in [3.63, 3.8) is 0 Å². The minimum Gasteiger partial charge on any atom is -0.360 e. The molecule has 1 aromatic heterocycles. The summed E-state index contributed by atoms with van der Waals surface area (Å²) in [5.74, 6) is -1.58. The molecule has 0 unspecified atom stereocenters. The van der Waals surface area contributed by atoms with Crippen LogP contribution in [0.1, 0.15) is 26.5 Å². The maximum atomic E-state index is 12.9. The molecule has 3 heteroatoms. The number of hydrogen-bond acceptors (Lipinski definition) is 0. The Morgan fingerprint density at radius 1 is 1.27 bits per heavy atom. The third-order valence-corrected chi connectivity index (χ3v) is 1.52. The van der Waals surface area contributed by atoms with E-state index in [1.54, 1.807) is 0 Å². The maximum absolute atomic E-state index is 12.9. The van der Waals surface area contributed by atoms with Crippen LogP contribution in [-0.4, -0.2) is 4.98 Å². The van der Waals surface area contributed by atoms with E-state index in [0.29, 0.717) is 5.69 Å². The highest BCUT2D eigenvalue weighted by molar-refractivity contribution is 5.17. The van der Waals surface area contributed by atoms with E-state index in [9.17, 15) is 8.78 Å². The van der Waals surface area contributed by atoms with Crippen LogP contribution in [0.4, 0.5) is 8.78 Å². The Morgan fingerprint density at radius 3 is 2.00 bits per heavy atom. The van der Waals surface area contributed by atoms with Crippen molar-refractivity contribution in [2.24, 2.45) is 0 Å². The van der Waals surface area contributed by atoms with Gasteiger partial charge in [-0.3, -0.25) is 0 Å². The second-order valence-electron chi connectivity index (χ2n) is 3.58. The molecule has 0 spiro atoms. The highest BCUT2D eigenvalue weighted by atomic mass is 19.2. The summed E-state index contributed by atoms with van der Waals surface area (Å²) in [5, 5.41) is 0. The molecule has 0 fully saturated rings. The van der Waals surface area contributed by atoms with E-state index in [0.717, 1.165) is 6.20 Å². The molecule has 0 saturated heterocycles. The molecule has 0 radical (unpaired) electrons. The molecular formula is C8H11F2N. The summed E-state index contributed by atoms with van der Waals surface area (Å²) in [6.07, 6.45) is 1.04. The van der Waals surface area contributed by atoms with Gasteiger partial charge in [0.15, 0.2) is 11.6 Å². The Balaban J connectivity index is 3.15. The van der Waals surface area contributed by atoms with Crippen molar-refractivity contribution >= 4 is 0 Å². The Hall–Kier alpha value is -0.860. The summed E-state index contributed by atoms with van der Waals surface area (Å²) in [5.41, 5.74) is -0.0518. The fourth-order valence-corrected chi connectivity index (χ4v) is 0.927. The molecule has 0 aliphatic heterocycles. The zero-order chi connectivity index (χ0) is 8.65. The smallest absolute Gasteiger partial charge is 0.180 e. The van der Waals surface area contributed by atoms with Crippen molar-refractivity contribution < 1.29 is 8.78 Å². The molecule has 1 nitrogen and oxygen atoms in total. The van der Waals surface area contributed by atoms with Crippen LogP contribution in [0, 0.1) is 11.6 Å². The summed E-state index contributed by atoms with van der Waals surface area (Å²) in [6, 6.07) is 0. The number of aromatic nitrogens is 1. The van der Waals surface area contributed by atoms with Gasteiger partial charge in [-0.05, 0) is 0 Å². The fourth-order valence-electron chi connectivity index (χ4n) is 0.927. The zero-order valence-corrected chi connectivity index (χ0v) is 6.83. The minimum absolute atomic E-state index is 0.315. The van der Waals surface area contributed by atoms with Crippen molar-refractivity contribution in [2.75, 3.05) is 0 Å². The van der Waals surface area contributed by atoms with Crippen molar-refractivity contribution in [3.8, 4) is 0 Å². The first-order chi connectivity index (χ1) is 4.93. The molecule has 0 amide bonds. The van der Waals surface area contributed by atoms with Gasteiger partial charge < -0.3 is 4.98 Å². The van der Waals surface area contributed by atoms with Crippen LogP contribution in [0.2, 0.25) is 0 Å². The number of nitrogens with one attached hydrogen (secondary N) is 1. The monoisotopic (exact) mass is 159 g/mol. The van der Waals surface area contributed by atoms with Crippen molar-refractivity contribution in [3.05, 3.63) is 23.5 Å². The van der Waals surface area contributed by atoms with E-state index < -0.39 is 11.6 Å². The van der Waals surface area contributed by atoms with Gasteiger partial charge in [-0.1, -0.05) is 20.8 Å². The Morgan fingerprint density at radius 2 is 1.82 bits per heavy atom. The molecule has 0 atom stereocenters. The number of halogens is 2. The van der Waals surface area contributed by atoms with Crippen molar-refractivity contribution in [1.29, 1.82) is 0 Å². The molecule has 1 N–H and O–H groups in total. The third-order valence-electron chi connectivity index (χ3n) is 1.52. The van der Waals surface area contributed by atoms with E-state index in [2.05, 4.69) is 4.98 Å². The van der Waals surface area contributed by atoms with Crippen LogP contribution >= 0.6 is 0 Å². The Kier molecular flexibility index (Phi) is 1.74.